The zero-order chi connectivity index (χ0) is 16.9. The number of rotatable bonds is 8. The average Bonchev–Trinajstić information content (AvgIpc) is 2.40. The monoisotopic (exact) mass is 390 g/mol. The minimum Gasteiger partial charge on any atom is -0.458 e. The van der Waals surface area contributed by atoms with Crippen LogP contribution in [0.25, 0.3) is 0 Å². The average molecular weight is 391 g/mol. The van der Waals surface area contributed by atoms with Gasteiger partial charge < -0.3 is 9.16 Å². The fourth-order valence-electron chi connectivity index (χ4n) is 3.40. The van der Waals surface area contributed by atoms with Crippen LogP contribution in [0.4, 0.5) is 4.39 Å². The number of halogens is 2. The predicted molar refractivity (Wildman–Crippen MR) is 96.7 cm³/mol. The van der Waals surface area contributed by atoms with Crippen molar-refractivity contribution in [2.45, 2.75) is 64.5 Å². The SMILES string of the molecule is CC(C)[Si](OCC(F)Oc1ccc(Br)cc1)(C(C)C)C(C)C. The van der Waals surface area contributed by atoms with E-state index in [0.29, 0.717) is 22.4 Å². The Labute approximate surface area is 143 Å². The fourth-order valence-corrected chi connectivity index (χ4v) is 9.09. The Morgan fingerprint density at radius 3 is 1.82 bits per heavy atom. The van der Waals surface area contributed by atoms with E-state index in [4.69, 9.17) is 9.16 Å². The minimum absolute atomic E-state index is 0.00315. The van der Waals surface area contributed by atoms with Crippen LogP contribution in [0, 0.1) is 0 Å². The van der Waals surface area contributed by atoms with Crippen molar-refractivity contribution in [1.82, 2.24) is 0 Å². The smallest absolute Gasteiger partial charge is 0.260 e. The van der Waals surface area contributed by atoms with Crippen LogP contribution in [0.5, 0.6) is 5.75 Å². The van der Waals surface area contributed by atoms with Crippen LogP contribution < -0.4 is 4.74 Å². The van der Waals surface area contributed by atoms with Gasteiger partial charge in [0.25, 0.3) is 6.36 Å². The Balaban J connectivity index is 2.70. The molecule has 126 valence electrons. The molecule has 0 saturated heterocycles. The Morgan fingerprint density at radius 1 is 0.955 bits per heavy atom. The molecule has 0 saturated carbocycles. The number of hydrogen-bond acceptors (Lipinski definition) is 2. The second kappa shape index (κ2) is 8.46. The van der Waals surface area contributed by atoms with Gasteiger partial charge in [-0.25, -0.2) is 0 Å². The van der Waals surface area contributed by atoms with E-state index < -0.39 is 14.7 Å². The van der Waals surface area contributed by atoms with Gasteiger partial charge in [0.15, 0.2) is 0 Å². The fraction of sp³-hybridized carbons (Fsp3) is 0.647. The van der Waals surface area contributed by atoms with E-state index in [-0.39, 0.29) is 6.61 Å². The van der Waals surface area contributed by atoms with Crippen molar-refractivity contribution in [1.29, 1.82) is 0 Å². The number of benzene rings is 1. The molecule has 22 heavy (non-hydrogen) atoms. The van der Waals surface area contributed by atoms with Gasteiger partial charge in [0, 0.05) is 4.47 Å². The van der Waals surface area contributed by atoms with Crippen LogP contribution in [-0.2, 0) is 4.43 Å². The largest absolute Gasteiger partial charge is 0.458 e. The van der Waals surface area contributed by atoms with Gasteiger partial charge in [-0.15, -0.1) is 0 Å². The molecule has 0 fully saturated rings. The highest BCUT2D eigenvalue weighted by Gasteiger charge is 2.45. The van der Waals surface area contributed by atoms with E-state index in [0.717, 1.165) is 4.47 Å². The van der Waals surface area contributed by atoms with E-state index in [2.05, 4.69) is 57.5 Å². The summed E-state index contributed by atoms with van der Waals surface area (Å²) in [5, 5.41) is 0. The first kappa shape index (κ1) is 19.7. The number of alkyl halides is 1. The molecule has 0 aliphatic rings. The second-order valence-corrected chi connectivity index (χ2v) is 13.0. The van der Waals surface area contributed by atoms with Crippen molar-refractivity contribution < 1.29 is 13.6 Å². The molecular weight excluding hydrogens is 363 g/mol. The lowest BCUT2D eigenvalue weighted by atomic mass is 10.3. The molecule has 0 bridgehead atoms. The standard InChI is InChI=1S/C17H28BrFO2Si/c1-12(2)22(13(3)4,14(5)6)20-11-17(19)21-16-9-7-15(18)8-10-16/h7-10,12-14,17H,11H2,1-6H3. The van der Waals surface area contributed by atoms with Crippen molar-refractivity contribution in [3.63, 3.8) is 0 Å². The highest BCUT2D eigenvalue weighted by Crippen LogP contribution is 2.42. The summed E-state index contributed by atoms with van der Waals surface area (Å²) in [4.78, 5) is 0. The zero-order valence-electron chi connectivity index (χ0n) is 14.4. The van der Waals surface area contributed by atoms with Crippen molar-refractivity contribution in [2.24, 2.45) is 0 Å². The summed E-state index contributed by atoms with van der Waals surface area (Å²) in [7, 11) is -2.04. The quantitative estimate of drug-likeness (QED) is 0.483. The van der Waals surface area contributed by atoms with Crippen LogP contribution >= 0.6 is 15.9 Å². The molecule has 1 atom stereocenters. The van der Waals surface area contributed by atoms with Gasteiger partial charge >= 0.3 is 0 Å². The Morgan fingerprint density at radius 2 is 1.41 bits per heavy atom. The maximum Gasteiger partial charge on any atom is 0.260 e. The molecule has 0 amide bonds. The molecule has 1 aromatic rings. The molecule has 0 aliphatic carbocycles. The molecule has 1 rings (SSSR count). The van der Waals surface area contributed by atoms with E-state index in [9.17, 15) is 4.39 Å². The molecule has 1 aromatic carbocycles. The van der Waals surface area contributed by atoms with Crippen LogP contribution in [-0.4, -0.2) is 21.3 Å². The van der Waals surface area contributed by atoms with Crippen molar-refractivity contribution in [3.05, 3.63) is 28.7 Å². The molecule has 0 heterocycles. The summed E-state index contributed by atoms with van der Waals surface area (Å²) in [6.45, 7) is 13.1. The van der Waals surface area contributed by atoms with E-state index >= 15 is 0 Å². The van der Waals surface area contributed by atoms with Crippen LogP contribution in [0.3, 0.4) is 0 Å². The summed E-state index contributed by atoms with van der Waals surface area (Å²) in [6, 6.07) is 7.15. The lowest BCUT2D eigenvalue weighted by molar-refractivity contribution is 0.0167. The van der Waals surface area contributed by atoms with Crippen molar-refractivity contribution in [2.75, 3.05) is 6.61 Å². The van der Waals surface area contributed by atoms with Gasteiger partial charge in [-0.2, -0.15) is 4.39 Å². The van der Waals surface area contributed by atoms with Gasteiger partial charge in [0.2, 0.25) is 8.32 Å². The first-order valence-electron chi connectivity index (χ1n) is 7.90. The van der Waals surface area contributed by atoms with Gasteiger partial charge in [-0.3, -0.25) is 0 Å². The maximum absolute atomic E-state index is 14.2. The molecule has 0 aliphatic heterocycles. The topological polar surface area (TPSA) is 18.5 Å². The van der Waals surface area contributed by atoms with Crippen LogP contribution in [0.2, 0.25) is 16.6 Å². The molecule has 2 nitrogen and oxygen atoms in total. The van der Waals surface area contributed by atoms with Crippen molar-refractivity contribution >= 4 is 24.2 Å². The Kier molecular flexibility index (Phi) is 7.55. The van der Waals surface area contributed by atoms with Crippen LogP contribution in [0.1, 0.15) is 41.5 Å². The summed E-state index contributed by atoms with van der Waals surface area (Å²) in [5.41, 5.74) is 1.31. The maximum atomic E-state index is 14.2. The third-order valence-electron chi connectivity index (χ3n) is 4.25. The zero-order valence-corrected chi connectivity index (χ0v) is 17.0. The predicted octanol–water partition coefficient (Wildman–Crippen LogP) is 6.32. The van der Waals surface area contributed by atoms with E-state index in [1.165, 1.54) is 0 Å². The first-order chi connectivity index (χ1) is 10.2. The third-order valence-corrected chi connectivity index (χ3v) is 10.9. The van der Waals surface area contributed by atoms with Gasteiger partial charge in [0.05, 0.1) is 0 Å². The highest BCUT2D eigenvalue weighted by molar-refractivity contribution is 9.10. The van der Waals surface area contributed by atoms with E-state index in [1.807, 2.05) is 12.1 Å². The van der Waals surface area contributed by atoms with E-state index in [1.54, 1.807) is 12.1 Å². The molecule has 0 spiro atoms. The van der Waals surface area contributed by atoms with Gasteiger partial charge in [0.1, 0.15) is 12.4 Å². The molecule has 0 radical (unpaired) electrons. The molecule has 5 heteroatoms. The number of ether oxygens (including phenoxy) is 1. The summed E-state index contributed by atoms with van der Waals surface area (Å²) >= 11 is 3.35. The van der Waals surface area contributed by atoms with Crippen LogP contribution in [0.15, 0.2) is 28.7 Å². The summed E-state index contributed by atoms with van der Waals surface area (Å²) in [6.07, 6.45) is -1.44. The van der Waals surface area contributed by atoms with Gasteiger partial charge in [-0.1, -0.05) is 57.5 Å². The van der Waals surface area contributed by atoms with Crippen molar-refractivity contribution in [3.8, 4) is 5.75 Å². The first-order valence-corrected chi connectivity index (χ1v) is 10.8. The molecule has 1 unspecified atom stereocenters. The summed E-state index contributed by atoms with van der Waals surface area (Å²) in [5.74, 6) is 0.519. The van der Waals surface area contributed by atoms with Gasteiger partial charge in [-0.05, 0) is 40.9 Å². The highest BCUT2D eigenvalue weighted by atomic mass is 79.9. The lowest BCUT2D eigenvalue weighted by Crippen LogP contribution is -2.49. The normalized spacial score (nSPS) is 14.0. The summed E-state index contributed by atoms with van der Waals surface area (Å²) < 4.78 is 26.6. The molecule has 0 aromatic heterocycles. The second-order valence-electron chi connectivity index (χ2n) is 6.61. The number of hydrogen-bond donors (Lipinski definition) is 0. The Bertz CT molecular complexity index is 427. The third kappa shape index (κ3) is 4.80. The lowest BCUT2D eigenvalue weighted by Gasteiger charge is -2.42. The molecular formula is C17H28BrFO2Si. The Hall–Kier alpha value is -0.393. The molecule has 0 N–H and O–H groups in total. The minimum atomic E-state index is -2.04.